The number of methoxy groups -OCH3 is 1. The van der Waals surface area contributed by atoms with Crippen molar-refractivity contribution in [3.8, 4) is 17.6 Å². The number of fused-ring (bicyclic) bond motifs is 1. The summed E-state index contributed by atoms with van der Waals surface area (Å²) in [4.78, 5) is 30.2. The van der Waals surface area contributed by atoms with Crippen molar-refractivity contribution in [1.29, 1.82) is 0 Å². The monoisotopic (exact) mass is 601 g/mol. The van der Waals surface area contributed by atoms with E-state index in [1.165, 1.54) is 47.6 Å². The number of carbonyl (C=O) groups is 2. The van der Waals surface area contributed by atoms with Crippen LogP contribution in [0.25, 0.3) is 0 Å². The molecule has 1 unspecified atom stereocenters. The molecular weight excluding hydrogens is 574 g/mol. The molecule has 0 fully saturated rings. The van der Waals surface area contributed by atoms with Gasteiger partial charge in [0.15, 0.2) is 0 Å². The first kappa shape index (κ1) is 29.6. The molecule has 210 valence electrons. The third-order valence-corrected chi connectivity index (χ3v) is 9.30. The summed E-state index contributed by atoms with van der Waals surface area (Å²) in [6.45, 7) is 0.346. The topological polar surface area (TPSA) is 96.5 Å². The number of sulfonamides is 1. The van der Waals surface area contributed by atoms with Gasteiger partial charge in [0.25, 0.3) is 5.91 Å². The molecule has 2 heterocycles. The number of esters is 1. The Balaban J connectivity index is 1.66. The quantitative estimate of drug-likeness (QED) is 0.301. The highest BCUT2D eigenvalue weighted by Crippen LogP contribution is 2.34. The first-order chi connectivity index (χ1) is 19.1. The second-order valence-electron chi connectivity index (χ2n) is 9.08. The third-order valence-electron chi connectivity index (χ3n) is 6.10. The second kappa shape index (κ2) is 12.8. The van der Waals surface area contributed by atoms with Crippen LogP contribution in [0, 0.1) is 11.8 Å². The molecule has 0 N–H and O–H groups in total. The lowest BCUT2D eigenvalue weighted by Crippen LogP contribution is -2.50. The van der Waals surface area contributed by atoms with Gasteiger partial charge in [0.2, 0.25) is 10.0 Å². The Kier molecular flexibility index (Phi) is 9.50. The number of para-hydroxylation sites is 1. The molecule has 1 atom stereocenters. The first-order valence-corrected chi connectivity index (χ1v) is 14.9. The highest BCUT2D eigenvalue weighted by molar-refractivity contribution is 7.89. The molecule has 0 bridgehead atoms. The molecule has 2 aromatic carbocycles. The maximum Gasteiger partial charge on any atom is 0.326 e. The molecule has 12 heteroatoms. The van der Waals surface area contributed by atoms with Gasteiger partial charge in [0, 0.05) is 12.2 Å². The molecule has 1 aliphatic rings. The summed E-state index contributed by atoms with van der Waals surface area (Å²) >= 11 is 7.42. The summed E-state index contributed by atoms with van der Waals surface area (Å²) in [5.41, 5.74) is 1.04. The van der Waals surface area contributed by atoms with Gasteiger partial charge in [-0.25, -0.2) is 8.42 Å². The van der Waals surface area contributed by atoms with Gasteiger partial charge < -0.3 is 14.4 Å². The maximum absolute atomic E-state index is 13.9. The predicted molar refractivity (Wildman–Crippen MR) is 154 cm³/mol. The molecule has 0 saturated carbocycles. The van der Waals surface area contributed by atoms with E-state index in [1.807, 2.05) is 19.0 Å². The van der Waals surface area contributed by atoms with E-state index < -0.39 is 27.9 Å². The number of thiophene rings is 1. The maximum atomic E-state index is 13.9. The zero-order valence-electron chi connectivity index (χ0n) is 22.2. The third kappa shape index (κ3) is 6.49. The van der Waals surface area contributed by atoms with E-state index in [0.29, 0.717) is 28.4 Å². The van der Waals surface area contributed by atoms with E-state index in [0.717, 1.165) is 4.31 Å². The summed E-state index contributed by atoms with van der Waals surface area (Å²) in [5.74, 6) is 5.09. The Morgan fingerprint density at radius 3 is 2.48 bits per heavy atom. The standard InChI is InChI=1S/C28H28ClN3O6S2/c1-30(2)15-6-7-16-38-21-10-12-22(13-11-21)40(35,36)32-18-20-8-4-5-9-24(20)31(19-25(32)28(34)37-3)27(33)26-23(29)14-17-39-26/h4-5,8-14,17,25H,15-16,18-19H2,1-3H3. The molecular formula is C28H28ClN3O6S2. The number of benzene rings is 2. The normalized spacial score (nSPS) is 15.5. The van der Waals surface area contributed by atoms with Gasteiger partial charge >= 0.3 is 5.97 Å². The lowest BCUT2D eigenvalue weighted by molar-refractivity contribution is -0.144. The fraction of sp³-hybridized carbons (Fsp3) is 0.286. The highest BCUT2D eigenvalue weighted by atomic mass is 35.5. The SMILES string of the molecule is COC(=O)C1CN(C(=O)c2sccc2Cl)c2ccccc2CN1S(=O)(=O)c1ccc(OCC#CCN(C)C)cc1. The fourth-order valence-corrected chi connectivity index (χ4v) is 6.75. The minimum Gasteiger partial charge on any atom is -0.481 e. The molecule has 0 saturated heterocycles. The molecule has 1 aliphatic heterocycles. The Hall–Kier alpha value is -3.40. The number of halogens is 1. The number of hydrogen-bond donors (Lipinski definition) is 0. The molecule has 0 spiro atoms. The summed E-state index contributed by atoms with van der Waals surface area (Å²) in [5, 5.41) is 1.97. The van der Waals surface area contributed by atoms with Crippen LogP contribution in [-0.4, -0.2) is 76.4 Å². The van der Waals surface area contributed by atoms with Crippen LogP contribution in [0.4, 0.5) is 5.69 Å². The van der Waals surface area contributed by atoms with E-state index in [4.69, 9.17) is 21.1 Å². The molecule has 3 aromatic rings. The average Bonchev–Trinajstić information content (AvgIpc) is 3.29. The van der Waals surface area contributed by atoms with Crippen molar-refractivity contribution in [2.24, 2.45) is 0 Å². The largest absolute Gasteiger partial charge is 0.481 e. The molecule has 4 rings (SSSR count). The van der Waals surface area contributed by atoms with Crippen LogP contribution < -0.4 is 9.64 Å². The van der Waals surface area contributed by atoms with E-state index in [-0.39, 0.29) is 29.6 Å². The van der Waals surface area contributed by atoms with Crippen LogP contribution in [0.5, 0.6) is 5.75 Å². The Morgan fingerprint density at radius 2 is 1.82 bits per heavy atom. The van der Waals surface area contributed by atoms with Crippen molar-refractivity contribution in [3.63, 3.8) is 0 Å². The number of carbonyl (C=O) groups excluding carboxylic acids is 2. The molecule has 1 amide bonds. The van der Waals surface area contributed by atoms with Gasteiger partial charge in [-0.05, 0) is 61.4 Å². The fourth-order valence-electron chi connectivity index (χ4n) is 4.12. The highest BCUT2D eigenvalue weighted by Gasteiger charge is 2.42. The molecule has 1 aromatic heterocycles. The van der Waals surface area contributed by atoms with Gasteiger partial charge in [0.05, 0.1) is 30.1 Å². The molecule has 0 radical (unpaired) electrons. The van der Waals surface area contributed by atoms with Crippen molar-refractivity contribution < 1.29 is 27.5 Å². The van der Waals surface area contributed by atoms with Crippen molar-refractivity contribution >= 4 is 50.5 Å². The lowest BCUT2D eigenvalue weighted by Gasteiger charge is -2.29. The van der Waals surface area contributed by atoms with Gasteiger partial charge in [-0.1, -0.05) is 41.6 Å². The minimum atomic E-state index is -4.22. The Morgan fingerprint density at radius 1 is 1.10 bits per heavy atom. The molecule has 0 aliphatic carbocycles. The predicted octanol–water partition coefficient (Wildman–Crippen LogP) is 3.74. The first-order valence-electron chi connectivity index (χ1n) is 12.2. The van der Waals surface area contributed by atoms with Crippen molar-refractivity contribution in [2.45, 2.75) is 17.5 Å². The van der Waals surface area contributed by atoms with Crippen LogP contribution in [0.3, 0.4) is 0 Å². The lowest BCUT2D eigenvalue weighted by atomic mass is 10.1. The van der Waals surface area contributed by atoms with Gasteiger partial charge in [-0.15, -0.1) is 11.3 Å². The van der Waals surface area contributed by atoms with Crippen molar-refractivity contribution in [1.82, 2.24) is 9.21 Å². The number of anilines is 1. The smallest absolute Gasteiger partial charge is 0.326 e. The molecule has 9 nitrogen and oxygen atoms in total. The van der Waals surface area contributed by atoms with Crippen LogP contribution in [0.1, 0.15) is 15.2 Å². The Labute approximate surface area is 242 Å². The van der Waals surface area contributed by atoms with Crippen LogP contribution in [0.2, 0.25) is 5.02 Å². The molecule has 40 heavy (non-hydrogen) atoms. The van der Waals surface area contributed by atoms with Gasteiger partial charge in [-0.2, -0.15) is 4.31 Å². The summed E-state index contributed by atoms with van der Waals surface area (Å²) in [6, 6.07) is 13.1. The second-order valence-corrected chi connectivity index (χ2v) is 12.3. The van der Waals surface area contributed by atoms with Crippen molar-refractivity contribution in [2.75, 3.05) is 45.8 Å². The van der Waals surface area contributed by atoms with Crippen molar-refractivity contribution in [3.05, 3.63) is 75.4 Å². The van der Waals surface area contributed by atoms with Crippen LogP contribution in [0.15, 0.2) is 64.9 Å². The minimum absolute atomic E-state index is 0.0361. The van der Waals surface area contributed by atoms with Crippen LogP contribution >= 0.6 is 22.9 Å². The number of nitrogens with zero attached hydrogens (tertiary/aromatic N) is 3. The zero-order chi connectivity index (χ0) is 28.9. The van der Waals surface area contributed by atoms with E-state index in [2.05, 4.69) is 11.8 Å². The number of rotatable bonds is 7. The summed E-state index contributed by atoms with van der Waals surface area (Å²) in [6.07, 6.45) is 0. The van der Waals surface area contributed by atoms with E-state index in [1.54, 1.807) is 35.7 Å². The number of hydrogen-bond acceptors (Lipinski definition) is 8. The summed E-state index contributed by atoms with van der Waals surface area (Å²) in [7, 11) is 0.792. The van der Waals surface area contributed by atoms with Crippen LogP contribution in [-0.2, 0) is 26.1 Å². The van der Waals surface area contributed by atoms with E-state index in [9.17, 15) is 18.0 Å². The Bertz CT molecular complexity index is 1540. The number of ether oxygens (including phenoxy) is 2. The zero-order valence-corrected chi connectivity index (χ0v) is 24.6. The number of amides is 1. The van der Waals surface area contributed by atoms with Gasteiger partial charge in [0.1, 0.15) is 23.3 Å². The average molecular weight is 602 g/mol. The summed E-state index contributed by atoms with van der Waals surface area (Å²) < 4.78 is 39.6. The van der Waals surface area contributed by atoms with Gasteiger partial charge in [-0.3, -0.25) is 14.5 Å². The van der Waals surface area contributed by atoms with E-state index >= 15 is 0 Å².